The highest BCUT2D eigenvalue weighted by molar-refractivity contribution is 9.10. The van der Waals surface area contributed by atoms with E-state index < -0.39 is 0 Å². The van der Waals surface area contributed by atoms with Crippen LogP contribution in [0.5, 0.6) is 0 Å². The minimum atomic E-state index is -0.166. The summed E-state index contributed by atoms with van der Waals surface area (Å²) in [5.74, 6) is 0.767. The molecule has 1 aliphatic heterocycles. The van der Waals surface area contributed by atoms with E-state index in [2.05, 4.69) is 49.1 Å². The highest BCUT2D eigenvalue weighted by Gasteiger charge is 2.19. The van der Waals surface area contributed by atoms with Crippen molar-refractivity contribution in [3.8, 4) is 0 Å². The van der Waals surface area contributed by atoms with Gasteiger partial charge in [-0.05, 0) is 55.2 Å². The van der Waals surface area contributed by atoms with Gasteiger partial charge < -0.3 is 15.3 Å². The number of nitrogens with one attached hydrogen (secondary N) is 1. The minimum Gasteiger partial charge on any atom is -0.392 e. The lowest BCUT2D eigenvalue weighted by atomic mass is 10.1. The molecule has 1 saturated heterocycles. The maximum atomic E-state index is 9.66. The standard InChI is InChI=1S/C21H23BrN4O/c1-14-18(22)3-2-4-19(14)25-21-20-16(5-8-23-21)11-15(12-24-20)6-9-26-10-7-17(27)13-26/h2-5,8,11-12,17,27H,6-7,9-10,13H2,1H3,(H,23,25). The Bertz CT molecular complexity index is 962. The van der Waals surface area contributed by atoms with E-state index in [-0.39, 0.29) is 6.10 Å². The number of β-amino-alcohol motifs (C(OH)–C–C–N with tert-alkyl or cyclic N) is 1. The van der Waals surface area contributed by atoms with Crippen molar-refractivity contribution in [2.75, 3.05) is 25.0 Å². The predicted molar refractivity (Wildman–Crippen MR) is 112 cm³/mol. The van der Waals surface area contributed by atoms with Crippen molar-refractivity contribution in [3.63, 3.8) is 0 Å². The summed E-state index contributed by atoms with van der Waals surface area (Å²) in [4.78, 5) is 11.5. The maximum absolute atomic E-state index is 9.66. The summed E-state index contributed by atoms with van der Waals surface area (Å²) >= 11 is 3.57. The lowest BCUT2D eigenvalue weighted by Crippen LogP contribution is -2.24. The SMILES string of the molecule is Cc1c(Br)cccc1Nc1nccc2cc(CCN3CCC(O)C3)cnc12. The highest BCUT2D eigenvalue weighted by Crippen LogP contribution is 2.28. The van der Waals surface area contributed by atoms with Crippen LogP contribution in [0.4, 0.5) is 11.5 Å². The number of hydrogen-bond donors (Lipinski definition) is 2. The fraction of sp³-hybridized carbons (Fsp3) is 0.333. The Morgan fingerprint density at radius 3 is 3.00 bits per heavy atom. The summed E-state index contributed by atoms with van der Waals surface area (Å²) < 4.78 is 1.06. The number of pyridine rings is 2. The topological polar surface area (TPSA) is 61.3 Å². The Kier molecular flexibility index (Phi) is 5.38. The third-order valence-corrected chi connectivity index (χ3v) is 6.00. The van der Waals surface area contributed by atoms with Crippen molar-refractivity contribution in [1.29, 1.82) is 0 Å². The van der Waals surface area contributed by atoms with Crippen LogP contribution in [-0.4, -0.2) is 45.7 Å². The first-order chi connectivity index (χ1) is 13.1. The van der Waals surface area contributed by atoms with Gasteiger partial charge >= 0.3 is 0 Å². The van der Waals surface area contributed by atoms with Crippen LogP contribution < -0.4 is 5.32 Å². The van der Waals surface area contributed by atoms with E-state index in [0.717, 1.165) is 64.9 Å². The van der Waals surface area contributed by atoms with Gasteiger partial charge in [-0.2, -0.15) is 0 Å². The first-order valence-electron chi connectivity index (χ1n) is 9.26. The quantitative estimate of drug-likeness (QED) is 0.643. The van der Waals surface area contributed by atoms with Gasteiger partial charge in [0.1, 0.15) is 5.52 Å². The average molecular weight is 427 g/mol. The molecule has 0 radical (unpaired) electrons. The van der Waals surface area contributed by atoms with Crippen molar-refractivity contribution in [1.82, 2.24) is 14.9 Å². The molecule has 0 saturated carbocycles. The zero-order chi connectivity index (χ0) is 18.8. The van der Waals surface area contributed by atoms with E-state index in [1.807, 2.05) is 36.7 Å². The molecule has 5 nitrogen and oxygen atoms in total. The molecule has 0 aliphatic carbocycles. The molecule has 1 aromatic carbocycles. The average Bonchev–Trinajstić information content (AvgIpc) is 3.09. The summed E-state index contributed by atoms with van der Waals surface area (Å²) in [5, 5.41) is 14.2. The second-order valence-corrected chi connectivity index (χ2v) is 7.96. The number of halogens is 1. The molecule has 2 aromatic heterocycles. The first kappa shape index (κ1) is 18.3. The van der Waals surface area contributed by atoms with Crippen molar-refractivity contribution in [2.24, 2.45) is 0 Å². The lowest BCUT2D eigenvalue weighted by Gasteiger charge is -2.15. The molecule has 1 aliphatic rings. The van der Waals surface area contributed by atoms with Crippen LogP contribution in [0.2, 0.25) is 0 Å². The summed E-state index contributed by atoms with van der Waals surface area (Å²) in [6.07, 6.45) is 5.41. The molecular formula is C21H23BrN4O. The van der Waals surface area contributed by atoms with Crippen molar-refractivity contribution in [2.45, 2.75) is 25.9 Å². The smallest absolute Gasteiger partial charge is 0.156 e. The second-order valence-electron chi connectivity index (χ2n) is 7.11. The molecular weight excluding hydrogens is 404 g/mol. The molecule has 4 rings (SSSR count). The van der Waals surface area contributed by atoms with Gasteiger partial charge in [-0.15, -0.1) is 0 Å². The van der Waals surface area contributed by atoms with E-state index in [4.69, 9.17) is 0 Å². The number of fused-ring (bicyclic) bond motifs is 1. The van der Waals surface area contributed by atoms with Crippen LogP contribution >= 0.6 is 15.9 Å². The number of rotatable bonds is 5. The number of hydrogen-bond acceptors (Lipinski definition) is 5. The van der Waals surface area contributed by atoms with Gasteiger partial charge in [0, 0.05) is 47.6 Å². The molecule has 1 unspecified atom stereocenters. The predicted octanol–water partition coefficient (Wildman–Crippen LogP) is 4.05. The molecule has 0 amide bonds. The summed E-state index contributed by atoms with van der Waals surface area (Å²) in [6, 6.07) is 10.3. The minimum absolute atomic E-state index is 0.166. The fourth-order valence-corrected chi connectivity index (χ4v) is 3.87. The van der Waals surface area contributed by atoms with Crippen molar-refractivity contribution >= 4 is 38.3 Å². The molecule has 3 heterocycles. The zero-order valence-corrected chi connectivity index (χ0v) is 16.9. The van der Waals surface area contributed by atoms with Gasteiger partial charge in [-0.25, -0.2) is 4.98 Å². The molecule has 6 heteroatoms. The summed E-state index contributed by atoms with van der Waals surface area (Å²) in [7, 11) is 0. The second kappa shape index (κ2) is 7.92. The van der Waals surface area contributed by atoms with E-state index >= 15 is 0 Å². The van der Waals surface area contributed by atoms with Gasteiger partial charge in [0.25, 0.3) is 0 Å². The van der Waals surface area contributed by atoms with Gasteiger partial charge in [-0.3, -0.25) is 4.98 Å². The number of likely N-dealkylation sites (tertiary alicyclic amines) is 1. The largest absolute Gasteiger partial charge is 0.392 e. The van der Waals surface area contributed by atoms with Crippen LogP contribution in [0, 0.1) is 6.92 Å². The van der Waals surface area contributed by atoms with E-state index in [1.54, 1.807) is 0 Å². The molecule has 2 N–H and O–H groups in total. The third kappa shape index (κ3) is 4.13. The van der Waals surface area contributed by atoms with E-state index in [1.165, 1.54) is 5.56 Å². The van der Waals surface area contributed by atoms with Gasteiger partial charge in [0.05, 0.1) is 6.10 Å². The first-order valence-corrected chi connectivity index (χ1v) is 10.1. The van der Waals surface area contributed by atoms with Crippen molar-refractivity contribution < 1.29 is 5.11 Å². The summed E-state index contributed by atoms with van der Waals surface area (Å²) in [5.41, 5.74) is 4.24. The maximum Gasteiger partial charge on any atom is 0.156 e. The van der Waals surface area contributed by atoms with Gasteiger partial charge in [-0.1, -0.05) is 22.0 Å². The number of nitrogens with zero attached hydrogens (tertiary/aromatic N) is 3. The fourth-order valence-electron chi connectivity index (χ4n) is 3.51. The van der Waals surface area contributed by atoms with Crippen LogP contribution in [0.3, 0.4) is 0 Å². The number of aliphatic hydroxyl groups excluding tert-OH is 1. The number of aliphatic hydroxyl groups is 1. The Labute approximate surface area is 167 Å². The molecule has 3 aromatic rings. The molecule has 27 heavy (non-hydrogen) atoms. The number of aromatic nitrogens is 2. The Balaban J connectivity index is 1.54. The zero-order valence-electron chi connectivity index (χ0n) is 15.3. The normalized spacial score (nSPS) is 17.5. The number of benzene rings is 1. The third-order valence-electron chi connectivity index (χ3n) is 5.14. The number of anilines is 2. The lowest BCUT2D eigenvalue weighted by molar-refractivity contribution is 0.177. The van der Waals surface area contributed by atoms with Crippen LogP contribution in [0.25, 0.3) is 10.9 Å². The van der Waals surface area contributed by atoms with Crippen LogP contribution in [0.15, 0.2) is 47.2 Å². The molecule has 0 spiro atoms. The van der Waals surface area contributed by atoms with Crippen LogP contribution in [-0.2, 0) is 6.42 Å². The molecule has 1 fully saturated rings. The Morgan fingerprint density at radius 1 is 1.30 bits per heavy atom. The highest BCUT2D eigenvalue weighted by atomic mass is 79.9. The molecule has 140 valence electrons. The molecule has 1 atom stereocenters. The van der Waals surface area contributed by atoms with Gasteiger partial charge in [0.15, 0.2) is 5.82 Å². The van der Waals surface area contributed by atoms with Gasteiger partial charge in [0.2, 0.25) is 0 Å². The Morgan fingerprint density at radius 2 is 2.19 bits per heavy atom. The van der Waals surface area contributed by atoms with E-state index in [9.17, 15) is 5.11 Å². The Hall–Kier alpha value is -2.02. The molecule has 0 bridgehead atoms. The summed E-state index contributed by atoms with van der Waals surface area (Å²) in [6.45, 7) is 4.78. The van der Waals surface area contributed by atoms with Crippen molar-refractivity contribution in [3.05, 3.63) is 58.3 Å². The van der Waals surface area contributed by atoms with E-state index in [0.29, 0.717) is 0 Å². The van der Waals surface area contributed by atoms with Crippen LogP contribution in [0.1, 0.15) is 17.5 Å². The monoisotopic (exact) mass is 426 g/mol.